The number of aryl methyl sites for hydroxylation is 1. The fourth-order valence-corrected chi connectivity index (χ4v) is 3.77. The molecule has 1 heterocycles. The van der Waals surface area contributed by atoms with Gasteiger partial charge in [-0.15, -0.1) is 10.2 Å². The van der Waals surface area contributed by atoms with E-state index in [0.29, 0.717) is 28.8 Å². The van der Waals surface area contributed by atoms with Crippen molar-refractivity contribution in [1.29, 1.82) is 0 Å². The first-order valence-electron chi connectivity index (χ1n) is 9.58. The molecule has 0 aliphatic carbocycles. The lowest BCUT2D eigenvalue weighted by Gasteiger charge is -2.08. The summed E-state index contributed by atoms with van der Waals surface area (Å²) in [4.78, 5) is 24.8. The predicted molar refractivity (Wildman–Crippen MR) is 117 cm³/mol. The molecule has 0 spiro atoms. The van der Waals surface area contributed by atoms with Crippen LogP contribution in [0, 0.1) is 6.92 Å². The van der Waals surface area contributed by atoms with E-state index in [1.54, 1.807) is 31.4 Å². The standard InChI is InChI=1S/C22H24N4O3S/c1-4-26-20(13-21(28)23-17-9-5-15(2)6-10-17)24-25-22(26)30-14-19(27)16-7-11-18(29-3)12-8-16/h5-12H,4,13-14H2,1-3H3,(H,23,28). The van der Waals surface area contributed by atoms with Crippen LogP contribution in [0.1, 0.15) is 28.7 Å². The number of carbonyl (C=O) groups is 2. The van der Waals surface area contributed by atoms with E-state index < -0.39 is 0 Å². The minimum absolute atomic E-state index is 0.00743. The van der Waals surface area contributed by atoms with Crippen molar-refractivity contribution in [1.82, 2.24) is 14.8 Å². The molecule has 1 amide bonds. The van der Waals surface area contributed by atoms with E-state index in [-0.39, 0.29) is 23.9 Å². The number of hydrogen-bond acceptors (Lipinski definition) is 6. The number of ether oxygens (including phenoxy) is 1. The molecule has 0 fully saturated rings. The Labute approximate surface area is 179 Å². The second-order valence-electron chi connectivity index (χ2n) is 6.67. The Kier molecular flexibility index (Phi) is 7.24. The number of hydrogen-bond donors (Lipinski definition) is 1. The van der Waals surface area contributed by atoms with Crippen LogP contribution in [-0.2, 0) is 17.8 Å². The molecule has 0 aliphatic rings. The molecule has 3 aromatic rings. The van der Waals surface area contributed by atoms with E-state index in [1.807, 2.05) is 42.7 Å². The van der Waals surface area contributed by atoms with Gasteiger partial charge < -0.3 is 14.6 Å². The Morgan fingerprint density at radius 3 is 2.40 bits per heavy atom. The summed E-state index contributed by atoms with van der Waals surface area (Å²) in [6.07, 6.45) is 0.113. The summed E-state index contributed by atoms with van der Waals surface area (Å²) >= 11 is 1.31. The molecule has 8 heteroatoms. The van der Waals surface area contributed by atoms with Gasteiger partial charge in [0.2, 0.25) is 5.91 Å². The molecule has 0 radical (unpaired) electrons. The van der Waals surface area contributed by atoms with E-state index in [4.69, 9.17) is 4.74 Å². The molecule has 1 aromatic heterocycles. The van der Waals surface area contributed by atoms with Crippen molar-refractivity contribution in [3.05, 3.63) is 65.5 Å². The minimum Gasteiger partial charge on any atom is -0.497 e. The summed E-state index contributed by atoms with van der Waals surface area (Å²) in [6.45, 7) is 4.56. The molecule has 0 atom stereocenters. The summed E-state index contributed by atoms with van der Waals surface area (Å²) in [5, 5.41) is 11.8. The number of amides is 1. The lowest BCUT2D eigenvalue weighted by Crippen LogP contribution is -2.17. The van der Waals surface area contributed by atoms with E-state index in [9.17, 15) is 9.59 Å². The zero-order valence-electron chi connectivity index (χ0n) is 17.2. The van der Waals surface area contributed by atoms with Gasteiger partial charge in [0.05, 0.1) is 19.3 Å². The van der Waals surface area contributed by atoms with Crippen molar-refractivity contribution in [3.63, 3.8) is 0 Å². The number of nitrogens with one attached hydrogen (secondary N) is 1. The van der Waals surface area contributed by atoms with Crippen molar-refractivity contribution < 1.29 is 14.3 Å². The predicted octanol–water partition coefficient (Wildman–Crippen LogP) is 3.77. The highest BCUT2D eigenvalue weighted by Gasteiger charge is 2.16. The number of aromatic nitrogens is 3. The van der Waals surface area contributed by atoms with Crippen LogP contribution in [0.5, 0.6) is 5.75 Å². The third-order valence-electron chi connectivity index (χ3n) is 4.51. The van der Waals surface area contributed by atoms with Gasteiger partial charge in [0.15, 0.2) is 10.9 Å². The maximum atomic E-state index is 12.4. The van der Waals surface area contributed by atoms with Crippen LogP contribution in [0.2, 0.25) is 0 Å². The molecule has 7 nitrogen and oxygen atoms in total. The number of carbonyl (C=O) groups excluding carboxylic acids is 2. The smallest absolute Gasteiger partial charge is 0.232 e. The van der Waals surface area contributed by atoms with Crippen LogP contribution in [0.3, 0.4) is 0 Å². The summed E-state index contributed by atoms with van der Waals surface area (Å²) in [5.74, 6) is 1.35. The van der Waals surface area contributed by atoms with Crippen LogP contribution in [0.15, 0.2) is 53.7 Å². The van der Waals surface area contributed by atoms with Gasteiger partial charge in [0.1, 0.15) is 11.6 Å². The molecular weight excluding hydrogens is 400 g/mol. The molecule has 3 rings (SSSR count). The Morgan fingerprint density at radius 2 is 1.77 bits per heavy atom. The number of anilines is 1. The molecule has 0 unspecified atom stereocenters. The first-order chi connectivity index (χ1) is 14.5. The fourth-order valence-electron chi connectivity index (χ4n) is 2.85. The largest absolute Gasteiger partial charge is 0.497 e. The van der Waals surface area contributed by atoms with Crippen molar-refractivity contribution >= 4 is 29.1 Å². The maximum Gasteiger partial charge on any atom is 0.232 e. The van der Waals surface area contributed by atoms with Gasteiger partial charge in [0, 0.05) is 17.8 Å². The van der Waals surface area contributed by atoms with Crippen molar-refractivity contribution in [2.45, 2.75) is 32.0 Å². The van der Waals surface area contributed by atoms with Gasteiger partial charge in [0.25, 0.3) is 0 Å². The number of rotatable bonds is 9. The van der Waals surface area contributed by atoms with Gasteiger partial charge in [-0.2, -0.15) is 0 Å². The number of ketones is 1. The maximum absolute atomic E-state index is 12.4. The van der Waals surface area contributed by atoms with Crippen LogP contribution >= 0.6 is 11.8 Å². The molecule has 1 N–H and O–H groups in total. The van der Waals surface area contributed by atoms with E-state index >= 15 is 0 Å². The number of Topliss-reactive ketones (excluding diaryl/α,β-unsaturated/α-hetero) is 1. The Morgan fingerprint density at radius 1 is 1.07 bits per heavy atom. The number of nitrogens with zero attached hydrogens (tertiary/aromatic N) is 3. The van der Waals surface area contributed by atoms with Gasteiger partial charge in [-0.25, -0.2) is 0 Å². The first-order valence-corrected chi connectivity index (χ1v) is 10.6. The molecule has 0 saturated carbocycles. The van der Waals surface area contributed by atoms with Gasteiger partial charge in [-0.1, -0.05) is 29.5 Å². The average molecular weight is 425 g/mol. The Balaban J connectivity index is 1.60. The Bertz CT molecular complexity index is 1010. The van der Waals surface area contributed by atoms with Crippen LogP contribution in [0.4, 0.5) is 5.69 Å². The van der Waals surface area contributed by atoms with Crippen molar-refractivity contribution in [2.24, 2.45) is 0 Å². The lowest BCUT2D eigenvalue weighted by atomic mass is 10.1. The highest BCUT2D eigenvalue weighted by Crippen LogP contribution is 2.20. The third kappa shape index (κ3) is 5.48. The number of benzene rings is 2. The lowest BCUT2D eigenvalue weighted by molar-refractivity contribution is -0.115. The SMILES string of the molecule is CCn1c(CC(=O)Nc2ccc(C)cc2)nnc1SCC(=O)c1ccc(OC)cc1. The summed E-state index contributed by atoms with van der Waals surface area (Å²) in [5.41, 5.74) is 2.49. The second-order valence-corrected chi connectivity index (χ2v) is 7.62. The molecular formula is C22H24N4O3S. The van der Waals surface area contributed by atoms with Gasteiger partial charge in [-0.05, 0) is 50.2 Å². The van der Waals surface area contributed by atoms with Gasteiger partial charge >= 0.3 is 0 Å². The van der Waals surface area contributed by atoms with Crippen molar-refractivity contribution in [2.75, 3.05) is 18.2 Å². The summed E-state index contributed by atoms with van der Waals surface area (Å²) < 4.78 is 6.98. The molecule has 30 heavy (non-hydrogen) atoms. The fraction of sp³-hybridized carbons (Fsp3) is 0.273. The quantitative estimate of drug-likeness (QED) is 0.416. The van der Waals surface area contributed by atoms with Crippen LogP contribution in [0.25, 0.3) is 0 Å². The second kappa shape index (κ2) is 10.1. The monoisotopic (exact) mass is 424 g/mol. The zero-order chi connectivity index (χ0) is 21.5. The topological polar surface area (TPSA) is 86.1 Å². The number of thioether (sulfide) groups is 1. The van der Waals surface area contributed by atoms with Gasteiger partial charge in [-0.3, -0.25) is 9.59 Å². The summed E-state index contributed by atoms with van der Waals surface area (Å²) in [6, 6.07) is 14.6. The van der Waals surface area contributed by atoms with E-state index in [2.05, 4.69) is 15.5 Å². The molecule has 0 bridgehead atoms. The molecule has 0 saturated heterocycles. The van der Waals surface area contributed by atoms with E-state index in [1.165, 1.54) is 11.8 Å². The van der Waals surface area contributed by atoms with Crippen LogP contribution in [-0.4, -0.2) is 39.3 Å². The highest BCUT2D eigenvalue weighted by atomic mass is 32.2. The van der Waals surface area contributed by atoms with Crippen LogP contribution < -0.4 is 10.1 Å². The average Bonchev–Trinajstić information content (AvgIpc) is 3.14. The molecule has 156 valence electrons. The highest BCUT2D eigenvalue weighted by molar-refractivity contribution is 7.99. The third-order valence-corrected chi connectivity index (χ3v) is 5.47. The minimum atomic E-state index is -0.160. The summed E-state index contributed by atoms with van der Waals surface area (Å²) in [7, 11) is 1.59. The molecule has 0 aliphatic heterocycles. The zero-order valence-corrected chi connectivity index (χ0v) is 18.0. The van der Waals surface area contributed by atoms with Crippen molar-refractivity contribution in [3.8, 4) is 5.75 Å². The molecule has 2 aromatic carbocycles. The Hall–Kier alpha value is -3.13. The van der Waals surface area contributed by atoms with E-state index in [0.717, 1.165) is 11.3 Å². The first kappa shape index (κ1) is 21.6. The number of methoxy groups -OCH3 is 1. The normalized spacial score (nSPS) is 10.6.